The van der Waals surface area contributed by atoms with Gasteiger partial charge in [0.2, 0.25) is 0 Å². The topological polar surface area (TPSA) is 39.4 Å². The Morgan fingerprint density at radius 1 is 1.33 bits per heavy atom. The summed E-state index contributed by atoms with van der Waals surface area (Å²) >= 11 is 0. The molecular weight excluding hydrogens is 233 g/mol. The molecule has 0 saturated carbocycles. The van der Waals surface area contributed by atoms with Gasteiger partial charge in [-0.25, -0.2) is 9.37 Å². The van der Waals surface area contributed by atoms with Gasteiger partial charge in [-0.1, -0.05) is 17.3 Å². The molecule has 1 unspecified atom stereocenters. The third kappa shape index (κ3) is 2.25. The van der Waals surface area contributed by atoms with Gasteiger partial charge in [-0.15, -0.1) is 0 Å². The Kier molecular flexibility index (Phi) is 2.80. The molecule has 2 heterocycles. The minimum atomic E-state index is -0.240. The van der Waals surface area contributed by atoms with E-state index in [-0.39, 0.29) is 11.9 Å². The van der Waals surface area contributed by atoms with Crippen LogP contribution in [0.2, 0.25) is 0 Å². The van der Waals surface area contributed by atoms with Gasteiger partial charge < -0.3 is 9.40 Å². The Morgan fingerprint density at radius 3 is 2.89 bits per heavy atom. The number of rotatable bonds is 3. The molecule has 5 heteroatoms. The fourth-order valence-corrected chi connectivity index (χ4v) is 1.97. The number of imidazole rings is 1. The molecule has 0 aliphatic carbocycles. The standard InChI is InChI=1S/C13H12FN3O/c14-11-3-1-10(2-4-11)13-7-12(16-18-13)8-17-6-5-15-9-17/h1-6,9,13H,7-8H2. The summed E-state index contributed by atoms with van der Waals surface area (Å²) in [4.78, 5) is 9.35. The van der Waals surface area contributed by atoms with Crippen molar-refractivity contribution in [2.75, 3.05) is 0 Å². The van der Waals surface area contributed by atoms with Crippen LogP contribution in [0.1, 0.15) is 18.1 Å². The van der Waals surface area contributed by atoms with Crippen molar-refractivity contribution in [1.29, 1.82) is 0 Å². The van der Waals surface area contributed by atoms with Crippen LogP contribution in [0.15, 0.2) is 48.1 Å². The Morgan fingerprint density at radius 2 is 2.17 bits per heavy atom. The molecule has 18 heavy (non-hydrogen) atoms. The van der Waals surface area contributed by atoms with E-state index in [1.807, 2.05) is 10.8 Å². The van der Waals surface area contributed by atoms with Crippen LogP contribution in [0, 0.1) is 5.82 Å². The van der Waals surface area contributed by atoms with E-state index >= 15 is 0 Å². The van der Waals surface area contributed by atoms with E-state index in [2.05, 4.69) is 10.1 Å². The molecule has 92 valence electrons. The quantitative estimate of drug-likeness (QED) is 0.833. The molecule has 0 radical (unpaired) electrons. The number of hydrogen-bond acceptors (Lipinski definition) is 3. The lowest BCUT2D eigenvalue weighted by Crippen LogP contribution is -2.07. The molecule has 1 aromatic heterocycles. The summed E-state index contributed by atoms with van der Waals surface area (Å²) in [6.45, 7) is 0.678. The third-order valence-electron chi connectivity index (χ3n) is 2.90. The van der Waals surface area contributed by atoms with Gasteiger partial charge in [-0.05, 0) is 17.7 Å². The molecule has 0 N–H and O–H groups in total. The molecule has 0 bridgehead atoms. The van der Waals surface area contributed by atoms with Crippen molar-refractivity contribution in [2.24, 2.45) is 5.16 Å². The molecule has 2 aromatic rings. The van der Waals surface area contributed by atoms with Crippen LogP contribution in [-0.2, 0) is 11.4 Å². The number of halogens is 1. The van der Waals surface area contributed by atoms with Gasteiger partial charge in [0.05, 0.1) is 18.6 Å². The molecule has 0 saturated heterocycles. The Labute approximate surface area is 104 Å². The van der Waals surface area contributed by atoms with E-state index in [1.165, 1.54) is 12.1 Å². The van der Waals surface area contributed by atoms with Gasteiger partial charge in [0.25, 0.3) is 0 Å². The van der Waals surface area contributed by atoms with Gasteiger partial charge >= 0.3 is 0 Å². The van der Waals surface area contributed by atoms with Crippen molar-refractivity contribution < 1.29 is 9.23 Å². The Bertz CT molecular complexity index is 548. The molecule has 0 fully saturated rings. The van der Waals surface area contributed by atoms with Crippen LogP contribution in [0.4, 0.5) is 4.39 Å². The molecule has 1 aromatic carbocycles. The number of hydrogen-bond donors (Lipinski definition) is 0. The summed E-state index contributed by atoms with van der Waals surface area (Å²) in [5.41, 5.74) is 1.91. The highest BCUT2D eigenvalue weighted by atomic mass is 19.1. The average Bonchev–Trinajstić information content (AvgIpc) is 3.02. The molecule has 4 nitrogen and oxygen atoms in total. The first kappa shape index (κ1) is 11.0. The Hall–Kier alpha value is -2.17. The first-order chi connectivity index (χ1) is 8.81. The molecule has 0 amide bonds. The maximum absolute atomic E-state index is 12.8. The number of benzene rings is 1. The van der Waals surface area contributed by atoms with Gasteiger partial charge in [0.15, 0.2) is 6.10 Å². The van der Waals surface area contributed by atoms with E-state index in [0.717, 1.165) is 17.7 Å². The zero-order valence-electron chi connectivity index (χ0n) is 9.66. The predicted octanol–water partition coefficient (Wildman–Crippen LogP) is 2.54. The van der Waals surface area contributed by atoms with Crippen LogP contribution < -0.4 is 0 Å². The maximum atomic E-state index is 12.8. The van der Waals surface area contributed by atoms with Gasteiger partial charge in [0, 0.05) is 18.8 Å². The van der Waals surface area contributed by atoms with Crippen LogP contribution in [0.5, 0.6) is 0 Å². The minimum Gasteiger partial charge on any atom is -0.387 e. The lowest BCUT2D eigenvalue weighted by molar-refractivity contribution is 0.0856. The van der Waals surface area contributed by atoms with E-state index in [0.29, 0.717) is 6.54 Å². The molecule has 1 atom stereocenters. The van der Waals surface area contributed by atoms with E-state index in [9.17, 15) is 4.39 Å². The summed E-state index contributed by atoms with van der Waals surface area (Å²) in [6, 6.07) is 6.34. The highest BCUT2D eigenvalue weighted by molar-refractivity contribution is 5.85. The Balaban J connectivity index is 1.65. The summed E-state index contributed by atoms with van der Waals surface area (Å²) < 4.78 is 14.8. The maximum Gasteiger partial charge on any atom is 0.157 e. The molecular formula is C13H12FN3O. The van der Waals surface area contributed by atoms with Crippen LogP contribution >= 0.6 is 0 Å². The second kappa shape index (κ2) is 4.60. The van der Waals surface area contributed by atoms with Crippen molar-refractivity contribution in [3.8, 4) is 0 Å². The van der Waals surface area contributed by atoms with Gasteiger partial charge in [0.1, 0.15) is 5.82 Å². The summed E-state index contributed by atoms with van der Waals surface area (Å²) in [5, 5.41) is 4.07. The highest BCUT2D eigenvalue weighted by Gasteiger charge is 2.22. The molecule has 0 spiro atoms. The fraction of sp³-hybridized carbons (Fsp3) is 0.231. The average molecular weight is 245 g/mol. The normalized spacial score (nSPS) is 18.5. The zero-order chi connectivity index (χ0) is 12.4. The van der Waals surface area contributed by atoms with E-state index in [1.54, 1.807) is 24.7 Å². The minimum absolute atomic E-state index is 0.107. The zero-order valence-corrected chi connectivity index (χ0v) is 9.66. The lowest BCUT2D eigenvalue weighted by Gasteiger charge is -2.07. The van der Waals surface area contributed by atoms with Crippen LogP contribution in [0.25, 0.3) is 0 Å². The second-order valence-corrected chi connectivity index (χ2v) is 4.24. The van der Waals surface area contributed by atoms with Crippen molar-refractivity contribution >= 4 is 5.71 Å². The molecule has 3 rings (SSSR count). The summed E-state index contributed by atoms with van der Waals surface area (Å²) in [6.07, 6.45) is 5.98. The summed E-state index contributed by atoms with van der Waals surface area (Å²) in [5.74, 6) is -0.240. The van der Waals surface area contributed by atoms with Gasteiger partial charge in [-0.3, -0.25) is 0 Å². The monoisotopic (exact) mass is 245 g/mol. The van der Waals surface area contributed by atoms with Crippen LogP contribution in [0.3, 0.4) is 0 Å². The number of aromatic nitrogens is 2. The van der Waals surface area contributed by atoms with E-state index < -0.39 is 0 Å². The van der Waals surface area contributed by atoms with E-state index in [4.69, 9.17) is 4.84 Å². The first-order valence-corrected chi connectivity index (χ1v) is 5.74. The largest absolute Gasteiger partial charge is 0.387 e. The number of oxime groups is 1. The predicted molar refractivity (Wildman–Crippen MR) is 64.5 cm³/mol. The molecule has 1 aliphatic rings. The van der Waals surface area contributed by atoms with Crippen molar-refractivity contribution in [2.45, 2.75) is 19.1 Å². The SMILES string of the molecule is Fc1ccc(C2CC(Cn3ccnc3)=NO2)cc1. The fourth-order valence-electron chi connectivity index (χ4n) is 1.97. The van der Waals surface area contributed by atoms with Crippen molar-refractivity contribution in [1.82, 2.24) is 9.55 Å². The van der Waals surface area contributed by atoms with Crippen LogP contribution in [-0.4, -0.2) is 15.3 Å². The third-order valence-corrected chi connectivity index (χ3v) is 2.90. The first-order valence-electron chi connectivity index (χ1n) is 5.74. The smallest absolute Gasteiger partial charge is 0.157 e. The lowest BCUT2D eigenvalue weighted by atomic mass is 10.0. The van der Waals surface area contributed by atoms with Gasteiger partial charge in [-0.2, -0.15) is 0 Å². The summed E-state index contributed by atoms with van der Waals surface area (Å²) in [7, 11) is 0. The van der Waals surface area contributed by atoms with Crippen molar-refractivity contribution in [3.63, 3.8) is 0 Å². The van der Waals surface area contributed by atoms with Crippen molar-refractivity contribution in [3.05, 3.63) is 54.4 Å². The second-order valence-electron chi connectivity index (χ2n) is 4.24. The number of nitrogens with zero attached hydrogens (tertiary/aromatic N) is 3. The molecule has 1 aliphatic heterocycles. The highest BCUT2D eigenvalue weighted by Crippen LogP contribution is 2.27.